The standard InChI is InChI=1S/C20H20Cl2N4OS/c1-12-3-6-17-18(13(12)2)24-20(28-17)26-9-7-25(8-10-26)19(27)23-14-4-5-15(21)16(22)11-14/h3-6,11H,7-10H2,1-2H3,(H,23,27). The number of thiazole rings is 1. The molecule has 0 unspecified atom stereocenters. The Kier molecular flexibility index (Phi) is 5.36. The minimum atomic E-state index is -0.131. The Hall–Kier alpha value is -2.02. The summed E-state index contributed by atoms with van der Waals surface area (Å²) in [7, 11) is 0. The number of piperazine rings is 1. The molecule has 1 aliphatic rings. The van der Waals surface area contributed by atoms with Gasteiger partial charge in [0.05, 0.1) is 20.3 Å². The number of benzene rings is 2. The van der Waals surface area contributed by atoms with Crippen LogP contribution in [-0.2, 0) is 0 Å². The molecule has 0 bridgehead atoms. The summed E-state index contributed by atoms with van der Waals surface area (Å²) in [6.45, 7) is 7.02. The molecule has 1 fully saturated rings. The van der Waals surface area contributed by atoms with Crippen molar-refractivity contribution in [3.8, 4) is 0 Å². The van der Waals surface area contributed by atoms with E-state index in [2.05, 4.69) is 36.2 Å². The second-order valence-corrected chi connectivity index (χ2v) is 8.71. The minimum absolute atomic E-state index is 0.131. The number of aromatic nitrogens is 1. The number of urea groups is 1. The van der Waals surface area contributed by atoms with E-state index in [0.29, 0.717) is 28.8 Å². The van der Waals surface area contributed by atoms with Gasteiger partial charge in [-0.1, -0.05) is 40.6 Å². The predicted molar refractivity (Wildman–Crippen MR) is 118 cm³/mol. The summed E-state index contributed by atoms with van der Waals surface area (Å²) in [6, 6.07) is 9.23. The third-order valence-electron chi connectivity index (χ3n) is 5.08. The second kappa shape index (κ2) is 7.78. The van der Waals surface area contributed by atoms with Gasteiger partial charge in [0.15, 0.2) is 5.13 Å². The number of nitrogens with one attached hydrogen (secondary N) is 1. The molecule has 2 aromatic carbocycles. The van der Waals surface area contributed by atoms with Crippen LogP contribution in [-0.4, -0.2) is 42.1 Å². The van der Waals surface area contributed by atoms with Crippen LogP contribution in [0.1, 0.15) is 11.1 Å². The van der Waals surface area contributed by atoms with Crippen molar-refractivity contribution in [2.24, 2.45) is 0 Å². The summed E-state index contributed by atoms with van der Waals surface area (Å²) < 4.78 is 1.21. The highest BCUT2D eigenvalue weighted by molar-refractivity contribution is 7.22. The molecule has 4 rings (SSSR count). The molecule has 0 saturated carbocycles. The number of anilines is 2. The van der Waals surface area contributed by atoms with E-state index in [0.717, 1.165) is 23.7 Å². The van der Waals surface area contributed by atoms with Gasteiger partial charge in [0, 0.05) is 31.9 Å². The van der Waals surface area contributed by atoms with Crippen molar-refractivity contribution in [2.45, 2.75) is 13.8 Å². The monoisotopic (exact) mass is 434 g/mol. The van der Waals surface area contributed by atoms with Crippen LogP contribution in [0.2, 0.25) is 10.0 Å². The fourth-order valence-corrected chi connectivity index (χ4v) is 4.60. The Balaban J connectivity index is 1.41. The van der Waals surface area contributed by atoms with Crippen molar-refractivity contribution in [3.05, 3.63) is 51.5 Å². The largest absolute Gasteiger partial charge is 0.345 e. The molecule has 5 nitrogen and oxygen atoms in total. The molecule has 28 heavy (non-hydrogen) atoms. The van der Waals surface area contributed by atoms with Crippen molar-refractivity contribution in [1.29, 1.82) is 0 Å². The van der Waals surface area contributed by atoms with Gasteiger partial charge >= 0.3 is 6.03 Å². The van der Waals surface area contributed by atoms with Crippen LogP contribution in [0.15, 0.2) is 30.3 Å². The molecule has 1 N–H and O–H groups in total. The SMILES string of the molecule is Cc1ccc2sc(N3CCN(C(=O)Nc4ccc(Cl)c(Cl)c4)CC3)nc2c1C. The number of halogens is 2. The number of hydrogen-bond donors (Lipinski definition) is 1. The summed E-state index contributed by atoms with van der Waals surface area (Å²) in [5.74, 6) is 0. The van der Waals surface area contributed by atoms with E-state index in [-0.39, 0.29) is 6.03 Å². The third-order valence-corrected chi connectivity index (χ3v) is 6.90. The number of rotatable bonds is 2. The predicted octanol–water partition coefficient (Wildman–Crippen LogP) is 5.57. The fourth-order valence-electron chi connectivity index (χ4n) is 3.23. The number of carbonyl (C=O) groups is 1. The van der Waals surface area contributed by atoms with E-state index in [1.54, 1.807) is 29.5 Å². The maximum atomic E-state index is 12.5. The average molecular weight is 435 g/mol. The lowest BCUT2D eigenvalue weighted by Crippen LogP contribution is -2.50. The Morgan fingerprint density at radius 1 is 1.07 bits per heavy atom. The van der Waals surface area contributed by atoms with Gasteiger partial charge in [0.25, 0.3) is 0 Å². The molecule has 1 saturated heterocycles. The Labute approximate surface area is 177 Å². The molecule has 0 spiro atoms. The number of aryl methyl sites for hydroxylation is 2. The molecule has 0 aliphatic carbocycles. The molecule has 1 aromatic heterocycles. The van der Waals surface area contributed by atoms with Gasteiger partial charge in [-0.3, -0.25) is 0 Å². The van der Waals surface area contributed by atoms with Gasteiger partial charge in [-0.2, -0.15) is 0 Å². The van der Waals surface area contributed by atoms with Gasteiger partial charge in [-0.15, -0.1) is 0 Å². The van der Waals surface area contributed by atoms with E-state index in [4.69, 9.17) is 28.2 Å². The fraction of sp³-hybridized carbons (Fsp3) is 0.300. The molecule has 146 valence electrons. The zero-order valence-electron chi connectivity index (χ0n) is 15.6. The first-order valence-corrected chi connectivity index (χ1v) is 10.6. The van der Waals surface area contributed by atoms with Crippen LogP contribution in [0.3, 0.4) is 0 Å². The van der Waals surface area contributed by atoms with E-state index >= 15 is 0 Å². The number of amides is 2. The highest BCUT2D eigenvalue weighted by Gasteiger charge is 2.23. The van der Waals surface area contributed by atoms with Crippen LogP contribution in [0.4, 0.5) is 15.6 Å². The Morgan fingerprint density at radius 3 is 2.54 bits per heavy atom. The molecular weight excluding hydrogens is 415 g/mol. The molecule has 0 radical (unpaired) electrons. The lowest BCUT2D eigenvalue weighted by molar-refractivity contribution is 0.208. The Bertz CT molecular complexity index is 1040. The molecule has 2 heterocycles. The molecule has 0 atom stereocenters. The van der Waals surface area contributed by atoms with Crippen LogP contribution >= 0.6 is 34.5 Å². The number of hydrogen-bond acceptors (Lipinski definition) is 4. The zero-order valence-corrected chi connectivity index (χ0v) is 18.0. The van der Waals surface area contributed by atoms with Crippen LogP contribution in [0.5, 0.6) is 0 Å². The van der Waals surface area contributed by atoms with Crippen LogP contribution < -0.4 is 10.2 Å². The third kappa shape index (κ3) is 3.77. The zero-order chi connectivity index (χ0) is 19.8. The average Bonchev–Trinajstić information content (AvgIpc) is 3.13. The summed E-state index contributed by atoms with van der Waals surface area (Å²) in [4.78, 5) is 21.4. The first kappa shape index (κ1) is 19.3. The van der Waals surface area contributed by atoms with Crippen LogP contribution in [0, 0.1) is 13.8 Å². The highest BCUT2D eigenvalue weighted by Crippen LogP contribution is 2.32. The van der Waals surface area contributed by atoms with E-state index in [1.165, 1.54) is 15.8 Å². The molecular formula is C20H20Cl2N4OS. The minimum Gasteiger partial charge on any atom is -0.345 e. The van der Waals surface area contributed by atoms with Crippen molar-refractivity contribution < 1.29 is 4.79 Å². The maximum absolute atomic E-state index is 12.5. The van der Waals surface area contributed by atoms with Gasteiger partial charge < -0.3 is 15.1 Å². The smallest absolute Gasteiger partial charge is 0.321 e. The lowest BCUT2D eigenvalue weighted by atomic mass is 10.1. The van der Waals surface area contributed by atoms with Crippen molar-refractivity contribution in [2.75, 3.05) is 36.4 Å². The van der Waals surface area contributed by atoms with Gasteiger partial charge in [-0.05, 0) is 49.2 Å². The Morgan fingerprint density at radius 2 is 1.82 bits per heavy atom. The quantitative estimate of drug-likeness (QED) is 0.572. The molecule has 8 heteroatoms. The maximum Gasteiger partial charge on any atom is 0.321 e. The molecule has 1 aliphatic heterocycles. The lowest BCUT2D eigenvalue weighted by Gasteiger charge is -2.34. The number of nitrogens with zero attached hydrogens (tertiary/aromatic N) is 3. The summed E-state index contributed by atoms with van der Waals surface area (Å²) >= 11 is 13.6. The number of carbonyl (C=O) groups excluding carboxylic acids is 1. The van der Waals surface area contributed by atoms with E-state index in [9.17, 15) is 4.79 Å². The first-order chi connectivity index (χ1) is 13.4. The number of fused-ring (bicyclic) bond motifs is 1. The van der Waals surface area contributed by atoms with Crippen molar-refractivity contribution in [1.82, 2.24) is 9.88 Å². The topological polar surface area (TPSA) is 48.5 Å². The van der Waals surface area contributed by atoms with Gasteiger partial charge in [0.1, 0.15) is 0 Å². The second-order valence-electron chi connectivity index (χ2n) is 6.88. The normalized spacial score (nSPS) is 14.6. The molecule has 3 aromatic rings. The van der Waals surface area contributed by atoms with Gasteiger partial charge in [-0.25, -0.2) is 9.78 Å². The summed E-state index contributed by atoms with van der Waals surface area (Å²) in [5.41, 5.74) is 4.21. The van der Waals surface area contributed by atoms with Crippen molar-refractivity contribution in [3.63, 3.8) is 0 Å². The van der Waals surface area contributed by atoms with E-state index < -0.39 is 0 Å². The van der Waals surface area contributed by atoms with E-state index in [1.807, 2.05) is 4.90 Å². The van der Waals surface area contributed by atoms with Gasteiger partial charge in [0.2, 0.25) is 0 Å². The van der Waals surface area contributed by atoms with Crippen molar-refractivity contribution >= 4 is 61.6 Å². The first-order valence-electron chi connectivity index (χ1n) is 9.05. The highest BCUT2D eigenvalue weighted by atomic mass is 35.5. The summed E-state index contributed by atoms with van der Waals surface area (Å²) in [5, 5.41) is 4.79. The molecule has 2 amide bonds. The van der Waals surface area contributed by atoms with Crippen LogP contribution in [0.25, 0.3) is 10.2 Å². The summed E-state index contributed by atoms with van der Waals surface area (Å²) in [6.07, 6.45) is 0.